The van der Waals surface area contributed by atoms with Crippen LogP contribution in [0.3, 0.4) is 0 Å². The van der Waals surface area contributed by atoms with Crippen LogP contribution in [0.25, 0.3) is 10.9 Å². The van der Waals surface area contributed by atoms with Gasteiger partial charge in [-0.25, -0.2) is 0 Å². The molecule has 27 heavy (non-hydrogen) atoms. The molecule has 0 bridgehead atoms. The highest BCUT2D eigenvalue weighted by atomic mass is 16.2. The molecule has 2 aromatic rings. The van der Waals surface area contributed by atoms with E-state index in [-0.39, 0.29) is 17.9 Å². The van der Waals surface area contributed by atoms with Crippen molar-refractivity contribution < 1.29 is 9.59 Å². The van der Waals surface area contributed by atoms with Gasteiger partial charge in [0.15, 0.2) is 0 Å². The van der Waals surface area contributed by atoms with Crippen molar-refractivity contribution in [1.82, 2.24) is 9.88 Å². The molecule has 2 amide bonds. The molecule has 0 atom stereocenters. The second kappa shape index (κ2) is 7.37. The predicted molar refractivity (Wildman–Crippen MR) is 108 cm³/mol. The van der Waals surface area contributed by atoms with Crippen LogP contribution in [0.5, 0.6) is 0 Å². The van der Waals surface area contributed by atoms with E-state index in [1.165, 1.54) is 25.7 Å². The van der Waals surface area contributed by atoms with Crippen molar-refractivity contribution in [3.8, 4) is 0 Å². The monoisotopic (exact) mass is 367 g/mol. The van der Waals surface area contributed by atoms with Crippen molar-refractivity contribution in [3.63, 3.8) is 0 Å². The van der Waals surface area contributed by atoms with Crippen molar-refractivity contribution in [2.45, 2.75) is 64.3 Å². The Bertz CT molecular complexity index is 875. The zero-order valence-electron chi connectivity index (χ0n) is 16.4. The van der Waals surface area contributed by atoms with Crippen LogP contribution >= 0.6 is 0 Å². The number of amides is 2. The maximum absolute atomic E-state index is 13.3. The third-order valence-electron chi connectivity index (χ3n) is 6.08. The summed E-state index contributed by atoms with van der Waals surface area (Å²) < 4.78 is 1.96. The summed E-state index contributed by atoms with van der Waals surface area (Å²) in [7, 11) is 1.93. The quantitative estimate of drug-likeness (QED) is 0.832. The van der Waals surface area contributed by atoms with Crippen molar-refractivity contribution >= 4 is 28.4 Å². The number of fused-ring (bicyclic) bond motifs is 1. The Hall–Kier alpha value is -2.30. The third kappa shape index (κ3) is 3.35. The van der Waals surface area contributed by atoms with E-state index in [1.807, 2.05) is 23.4 Å². The largest absolute Gasteiger partial charge is 0.348 e. The van der Waals surface area contributed by atoms with E-state index in [0.717, 1.165) is 41.4 Å². The molecule has 5 heteroatoms. The van der Waals surface area contributed by atoms with E-state index in [4.69, 9.17) is 0 Å². The average Bonchev–Trinajstić information content (AvgIpc) is 3.05. The summed E-state index contributed by atoms with van der Waals surface area (Å²) in [6, 6.07) is 6.45. The van der Waals surface area contributed by atoms with Gasteiger partial charge in [-0.2, -0.15) is 0 Å². The van der Waals surface area contributed by atoms with Crippen molar-refractivity contribution in [1.29, 1.82) is 0 Å². The zero-order chi connectivity index (χ0) is 19.0. The van der Waals surface area contributed by atoms with E-state index in [1.54, 1.807) is 0 Å². The lowest BCUT2D eigenvalue weighted by molar-refractivity contribution is -0.117. The zero-order valence-corrected chi connectivity index (χ0v) is 16.4. The fourth-order valence-corrected chi connectivity index (χ4v) is 4.63. The molecule has 1 aliphatic carbocycles. The van der Waals surface area contributed by atoms with Gasteiger partial charge in [-0.1, -0.05) is 37.3 Å². The van der Waals surface area contributed by atoms with Crippen LogP contribution in [0, 0.1) is 6.92 Å². The molecule has 2 fully saturated rings. The summed E-state index contributed by atoms with van der Waals surface area (Å²) in [5.41, 5.74) is 3.55. The minimum atomic E-state index is -0.0482. The molecule has 4 rings (SSSR count). The number of benzene rings is 1. The van der Waals surface area contributed by atoms with Gasteiger partial charge >= 0.3 is 0 Å². The number of anilines is 1. The molecular weight excluding hydrogens is 338 g/mol. The highest BCUT2D eigenvalue weighted by Crippen LogP contribution is 2.36. The number of carbonyl (C=O) groups is 2. The molecule has 2 aliphatic rings. The van der Waals surface area contributed by atoms with Crippen LogP contribution < -0.4 is 10.2 Å². The van der Waals surface area contributed by atoms with Gasteiger partial charge in [0.2, 0.25) is 5.91 Å². The van der Waals surface area contributed by atoms with Gasteiger partial charge in [-0.3, -0.25) is 9.59 Å². The molecule has 0 unspecified atom stereocenters. The number of aromatic nitrogens is 1. The smallest absolute Gasteiger partial charge is 0.270 e. The molecule has 1 aliphatic heterocycles. The number of nitrogens with zero attached hydrogens (tertiary/aromatic N) is 2. The Labute approximate surface area is 160 Å². The lowest BCUT2D eigenvalue weighted by atomic mass is 10.1. The van der Waals surface area contributed by atoms with E-state index < -0.39 is 0 Å². The Morgan fingerprint density at radius 2 is 1.85 bits per heavy atom. The van der Waals surface area contributed by atoms with E-state index in [2.05, 4.69) is 23.5 Å². The van der Waals surface area contributed by atoms with Gasteiger partial charge < -0.3 is 14.8 Å². The Morgan fingerprint density at radius 1 is 1.11 bits per heavy atom. The first-order valence-corrected chi connectivity index (χ1v) is 10.3. The SMILES string of the molecule is Cc1ccc2c(c1)c(N1CCCC1=O)c(C(=O)NC1CCCCCC1)n2C. The number of hydrogen-bond acceptors (Lipinski definition) is 2. The summed E-state index contributed by atoms with van der Waals surface area (Å²) in [4.78, 5) is 27.6. The maximum Gasteiger partial charge on any atom is 0.270 e. The lowest BCUT2D eigenvalue weighted by Gasteiger charge is -2.20. The molecule has 1 aromatic carbocycles. The van der Waals surface area contributed by atoms with Crippen molar-refractivity contribution in [3.05, 3.63) is 29.5 Å². The topological polar surface area (TPSA) is 54.3 Å². The Kier molecular flexibility index (Phi) is 4.94. The van der Waals surface area contributed by atoms with Gasteiger partial charge in [0.05, 0.1) is 11.2 Å². The fraction of sp³-hybridized carbons (Fsp3) is 0.545. The molecular formula is C22H29N3O2. The highest BCUT2D eigenvalue weighted by Gasteiger charge is 2.31. The maximum atomic E-state index is 13.3. The van der Waals surface area contributed by atoms with Crippen LogP contribution in [0.1, 0.15) is 67.4 Å². The number of hydrogen-bond donors (Lipinski definition) is 1. The first-order chi connectivity index (χ1) is 13.1. The molecule has 1 N–H and O–H groups in total. The predicted octanol–water partition coefficient (Wildman–Crippen LogP) is 4.07. The highest BCUT2D eigenvalue weighted by molar-refractivity contribution is 6.14. The van der Waals surface area contributed by atoms with E-state index in [0.29, 0.717) is 18.7 Å². The molecule has 1 saturated carbocycles. The molecule has 0 spiro atoms. The average molecular weight is 367 g/mol. The van der Waals surface area contributed by atoms with Crippen molar-refractivity contribution in [2.75, 3.05) is 11.4 Å². The van der Waals surface area contributed by atoms with Gasteiger partial charge in [-0.05, 0) is 38.3 Å². The normalized spacial score (nSPS) is 18.9. The third-order valence-corrected chi connectivity index (χ3v) is 6.08. The van der Waals surface area contributed by atoms with E-state index in [9.17, 15) is 9.59 Å². The van der Waals surface area contributed by atoms with Gasteiger partial charge in [0.1, 0.15) is 5.69 Å². The van der Waals surface area contributed by atoms with Crippen molar-refractivity contribution in [2.24, 2.45) is 7.05 Å². The van der Waals surface area contributed by atoms with Gasteiger partial charge in [0.25, 0.3) is 5.91 Å². The second-order valence-corrected chi connectivity index (χ2v) is 8.09. The summed E-state index contributed by atoms with van der Waals surface area (Å²) in [6.45, 7) is 2.74. The molecule has 144 valence electrons. The Morgan fingerprint density at radius 3 is 2.52 bits per heavy atom. The van der Waals surface area contributed by atoms with Crippen LogP contribution in [-0.2, 0) is 11.8 Å². The summed E-state index contributed by atoms with van der Waals surface area (Å²) in [6.07, 6.45) is 8.38. The molecule has 1 saturated heterocycles. The van der Waals surface area contributed by atoms with Crippen LogP contribution in [0.2, 0.25) is 0 Å². The van der Waals surface area contributed by atoms with Crippen LogP contribution in [-0.4, -0.2) is 29.0 Å². The summed E-state index contributed by atoms with van der Waals surface area (Å²) in [5, 5.41) is 4.27. The van der Waals surface area contributed by atoms with Crippen LogP contribution in [0.15, 0.2) is 18.2 Å². The Balaban J connectivity index is 1.77. The molecule has 1 aromatic heterocycles. The molecule has 0 radical (unpaired) electrons. The molecule has 2 heterocycles. The van der Waals surface area contributed by atoms with E-state index >= 15 is 0 Å². The second-order valence-electron chi connectivity index (χ2n) is 8.09. The van der Waals surface area contributed by atoms with Gasteiger partial charge in [-0.15, -0.1) is 0 Å². The standard InChI is InChI=1S/C22H29N3O2/c1-15-11-12-18-17(14-15)20(25-13-7-10-19(25)26)21(24(18)2)22(27)23-16-8-5-3-4-6-9-16/h11-12,14,16H,3-10,13H2,1-2H3,(H,23,27). The van der Waals surface area contributed by atoms with Gasteiger partial charge in [0, 0.05) is 31.4 Å². The fourth-order valence-electron chi connectivity index (χ4n) is 4.63. The lowest BCUT2D eigenvalue weighted by Crippen LogP contribution is -2.37. The first-order valence-electron chi connectivity index (χ1n) is 10.3. The summed E-state index contributed by atoms with van der Waals surface area (Å²) in [5.74, 6) is 0.0699. The summed E-state index contributed by atoms with van der Waals surface area (Å²) >= 11 is 0. The molecule has 5 nitrogen and oxygen atoms in total. The minimum absolute atomic E-state index is 0.0482. The number of nitrogens with one attached hydrogen (secondary N) is 1. The number of rotatable bonds is 3. The minimum Gasteiger partial charge on any atom is -0.348 e. The number of aryl methyl sites for hydroxylation is 2. The first kappa shape index (κ1) is 18.1. The van der Waals surface area contributed by atoms with Crippen LogP contribution in [0.4, 0.5) is 5.69 Å². The number of carbonyl (C=O) groups excluding carboxylic acids is 2.